The van der Waals surface area contributed by atoms with E-state index in [1.807, 2.05) is 0 Å². The standard InChI is InChI=1S/C15H19ClFNO3S/c1-10(15(19)18-11-5-2-3-6-11)22(20,21)9-12-13(16)7-4-8-14(12)17/h4,7-8,10-11H,2-3,5-6,9H2,1H3,(H,18,19). The maximum Gasteiger partial charge on any atom is 0.238 e. The first kappa shape index (κ1) is 17.2. The smallest absolute Gasteiger partial charge is 0.238 e. The van der Waals surface area contributed by atoms with Crippen LogP contribution in [0, 0.1) is 5.82 Å². The minimum Gasteiger partial charge on any atom is -0.352 e. The summed E-state index contributed by atoms with van der Waals surface area (Å²) >= 11 is 5.85. The molecule has 0 aromatic heterocycles. The SMILES string of the molecule is CC(C(=O)NC1CCCC1)S(=O)(=O)Cc1c(F)cccc1Cl. The molecule has 7 heteroatoms. The van der Waals surface area contributed by atoms with Gasteiger partial charge in [0, 0.05) is 16.6 Å². The molecule has 1 atom stereocenters. The van der Waals surface area contributed by atoms with Gasteiger partial charge in [-0.3, -0.25) is 4.79 Å². The molecule has 1 unspecified atom stereocenters. The topological polar surface area (TPSA) is 63.2 Å². The minimum absolute atomic E-state index is 0.0437. The van der Waals surface area contributed by atoms with Crippen molar-refractivity contribution in [2.24, 2.45) is 0 Å². The largest absolute Gasteiger partial charge is 0.352 e. The van der Waals surface area contributed by atoms with Crippen molar-refractivity contribution in [2.45, 2.75) is 49.7 Å². The minimum atomic E-state index is -3.84. The molecule has 0 bridgehead atoms. The van der Waals surface area contributed by atoms with Crippen molar-refractivity contribution >= 4 is 27.3 Å². The third kappa shape index (κ3) is 3.98. The zero-order chi connectivity index (χ0) is 16.3. The zero-order valence-electron chi connectivity index (χ0n) is 12.3. The fourth-order valence-electron chi connectivity index (χ4n) is 2.55. The average Bonchev–Trinajstić information content (AvgIpc) is 2.95. The number of nitrogens with one attached hydrogen (secondary N) is 1. The summed E-state index contributed by atoms with van der Waals surface area (Å²) in [5.74, 6) is -1.79. The van der Waals surface area contributed by atoms with E-state index in [9.17, 15) is 17.6 Å². The highest BCUT2D eigenvalue weighted by molar-refractivity contribution is 7.92. The van der Waals surface area contributed by atoms with Crippen LogP contribution < -0.4 is 5.32 Å². The van der Waals surface area contributed by atoms with E-state index < -0.39 is 32.6 Å². The molecule has 1 N–H and O–H groups in total. The van der Waals surface area contributed by atoms with Crippen LogP contribution in [0.3, 0.4) is 0 Å². The maximum absolute atomic E-state index is 13.7. The number of carbonyl (C=O) groups is 1. The second kappa shape index (κ2) is 6.96. The van der Waals surface area contributed by atoms with E-state index in [2.05, 4.69) is 5.32 Å². The molecule has 1 fully saturated rings. The average molecular weight is 348 g/mol. The number of benzene rings is 1. The molecule has 0 saturated heterocycles. The first-order chi connectivity index (χ1) is 10.3. The van der Waals surface area contributed by atoms with E-state index in [0.717, 1.165) is 31.7 Å². The monoisotopic (exact) mass is 347 g/mol. The van der Waals surface area contributed by atoms with Gasteiger partial charge in [-0.2, -0.15) is 0 Å². The quantitative estimate of drug-likeness (QED) is 0.890. The summed E-state index contributed by atoms with van der Waals surface area (Å²) in [4.78, 5) is 12.1. The van der Waals surface area contributed by atoms with Gasteiger partial charge in [-0.25, -0.2) is 12.8 Å². The van der Waals surface area contributed by atoms with Crippen molar-refractivity contribution in [1.29, 1.82) is 0 Å². The highest BCUT2D eigenvalue weighted by atomic mass is 35.5. The van der Waals surface area contributed by atoms with Crippen LogP contribution in [0.5, 0.6) is 0 Å². The zero-order valence-corrected chi connectivity index (χ0v) is 13.9. The Labute approximate surface area is 135 Å². The van der Waals surface area contributed by atoms with Gasteiger partial charge < -0.3 is 5.32 Å². The Morgan fingerprint density at radius 3 is 2.64 bits per heavy atom. The summed E-state index contributed by atoms with van der Waals surface area (Å²) in [7, 11) is -3.84. The van der Waals surface area contributed by atoms with Gasteiger partial charge in [-0.1, -0.05) is 30.5 Å². The molecular formula is C15H19ClFNO3S. The molecule has 1 aromatic rings. The van der Waals surface area contributed by atoms with Crippen LogP contribution >= 0.6 is 11.6 Å². The second-order valence-electron chi connectivity index (χ2n) is 5.64. The van der Waals surface area contributed by atoms with E-state index >= 15 is 0 Å². The van der Waals surface area contributed by atoms with Crippen molar-refractivity contribution < 1.29 is 17.6 Å². The van der Waals surface area contributed by atoms with Gasteiger partial charge in [0.25, 0.3) is 0 Å². The lowest BCUT2D eigenvalue weighted by Crippen LogP contribution is -2.42. The van der Waals surface area contributed by atoms with Gasteiger partial charge >= 0.3 is 0 Å². The van der Waals surface area contributed by atoms with Crippen LogP contribution in [0.25, 0.3) is 0 Å². The normalized spacial score (nSPS) is 17.4. The summed E-state index contributed by atoms with van der Waals surface area (Å²) in [6.07, 6.45) is 3.82. The molecule has 1 aliphatic carbocycles. The lowest BCUT2D eigenvalue weighted by molar-refractivity contribution is -0.121. The highest BCUT2D eigenvalue weighted by Crippen LogP contribution is 2.23. The first-order valence-electron chi connectivity index (χ1n) is 7.26. The van der Waals surface area contributed by atoms with Crippen LogP contribution in [0.1, 0.15) is 38.2 Å². The molecule has 22 heavy (non-hydrogen) atoms. The summed E-state index contributed by atoms with van der Waals surface area (Å²) in [5, 5.41) is 1.57. The van der Waals surface area contributed by atoms with Crippen molar-refractivity contribution in [3.05, 3.63) is 34.6 Å². The van der Waals surface area contributed by atoms with Gasteiger partial charge in [0.15, 0.2) is 9.84 Å². The van der Waals surface area contributed by atoms with Gasteiger partial charge in [0.1, 0.15) is 11.1 Å². The summed E-state index contributed by atoms with van der Waals surface area (Å²) in [6, 6.07) is 4.03. The Morgan fingerprint density at radius 1 is 1.41 bits per heavy atom. The third-order valence-corrected chi connectivity index (χ3v) is 6.35. The molecule has 0 heterocycles. The predicted octanol–water partition coefficient (Wildman–Crippen LogP) is 2.84. The van der Waals surface area contributed by atoms with Crippen molar-refractivity contribution in [3.63, 3.8) is 0 Å². The highest BCUT2D eigenvalue weighted by Gasteiger charge is 2.31. The fourth-order valence-corrected chi connectivity index (χ4v) is 4.20. The van der Waals surface area contributed by atoms with Gasteiger partial charge in [-0.15, -0.1) is 0 Å². The summed E-state index contributed by atoms with van der Waals surface area (Å²) < 4.78 is 38.4. The molecule has 1 amide bonds. The number of halogens is 2. The van der Waals surface area contributed by atoms with Crippen molar-refractivity contribution in [1.82, 2.24) is 5.32 Å². The summed E-state index contributed by atoms with van der Waals surface area (Å²) in [6.45, 7) is 1.33. The predicted molar refractivity (Wildman–Crippen MR) is 83.9 cm³/mol. The van der Waals surface area contributed by atoms with Crippen molar-refractivity contribution in [3.8, 4) is 0 Å². The van der Waals surface area contributed by atoms with Crippen LogP contribution in [0.15, 0.2) is 18.2 Å². The number of carbonyl (C=O) groups excluding carboxylic acids is 1. The van der Waals surface area contributed by atoms with Crippen LogP contribution in [-0.4, -0.2) is 25.6 Å². The molecule has 122 valence electrons. The number of hydrogen-bond donors (Lipinski definition) is 1. The fraction of sp³-hybridized carbons (Fsp3) is 0.533. The molecular weight excluding hydrogens is 329 g/mol. The van der Waals surface area contributed by atoms with E-state index in [-0.39, 0.29) is 16.6 Å². The molecule has 4 nitrogen and oxygen atoms in total. The first-order valence-corrected chi connectivity index (χ1v) is 9.35. The number of hydrogen-bond acceptors (Lipinski definition) is 3. The molecule has 1 aliphatic rings. The molecule has 0 spiro atoms. The van der Waals surface area contributed by atoms with E-state index in [0.29, 0.717) is 0 Å². The lowest BCUT2D eigenvalue weighted by Gasteiger charge is -2.17. The molecule has 0 aliphatic heterocycles. The Balaban J connectivity index is 2.10. The molecule has 0 radical (unpaired) electrons. The Morgan fingerprint density at radius 2 is 2.05 bits per heavy atom. The number of sulfone groups is 1. The Bertz CT molecular complexity index is 637. The van der Waals surface area contributed by atoms with Crippen molar-refractivity contribution in [2.75, 3.05) is 0 Å². The number of rotatable bonds is 5. The van der Waals surface area contributed by atoms with E-state index in [4.69, 9.17) is 11.6 Å². The molecule has 1 saturated carbocycles. The van der Waals surface area contributed by atoms with E-state index in [1.54, 1.807) is 0 Å². The van der Waals surface area contributed by atoms with Crippen LogP contribution in [0.4, 0.5) is 4.39 Å². The van der Waals surface area contributed by atoms with Gasteiger partial charge in [-0.05, 0) is 31.9 Å². The van der Waals surface area contributed by atoms with Gasteiger partial charge in [0.2, 0.25) is 5.91 Å². The van der Waals surface area contributed by atoms with Gasteiger partial charge in [0.05, 0.1) is 5.75 Å². The van der Waals surface area contributed by atoms with Crippen LogP contribution in [-0.2, 0) is 20.4 Å². The maximum atomic E-state index is 13.7. The number of amides is 1. The Hall–Kier alpha value is -1.14. The molecule has 1 aromatic carbocycles. The Kier molecular flexibility index (Phi) is 5.45. The lowest BCUT2D eigenvalue weighted by atomic mass is 10.2. The summed E-state index contributed by atoms with van der Waals surface area (Å²) in [5.41, 5.74) is -0.0929. The third-order valence-electron chi connectivity index (χ3n) is 4.02. The van der Waals surface area contributed by atoms with E-state index in [1.165, 1.54) is 19.1 Å². The second-order valence-corrected chi connectivity index (χ2v) is 8.37. The molecule has 2 rings (SSSR count). The van der Waals surface area contributed by atoms with Crippen LogP contribution in [0.2, 0.25) is 5.02 Å².